The maximum absolute atomic E-state index is 14.1. The van der Waals surface area contributed by atoms with Gasteiger partial charge in [0.1, 0.15) is 0 Å². The van der Waals surface area contributed by atoms with E-state index in [4.69, 9.17) is 24.1 Å². The van der Waals surface area contributed by atoms with Crippen molar-refractivity contribution in [3.63, 3.8) is 0 Å². The summed E-state index contributed by atoms with van der Waals surface area (Å²) in [6, 6.07) is 9.62. The Morgan fingerprint density at radius 2 is 1.44 bits per heavy atom. The second kappa shape index (κ2) is 22.4. The number of carboxylic acids is 1. The van der Waals surface area contributed by atoms with Crippen LogP contribution in [0.4, 0.5) is 0 Å². The number of methoxy groups -OCH3 is 4. The lowest BCUT2D eigenvalue weighted by molar-refractivity contribution is -0.148. The molecule has 0 radical (unpaired) electrons. The molecule has 0 bridgehead atoms. The van der Waals surface area contributed by atoms with Gasteiger partial charge in [-0.1, -0.05) is 52.0 Å². The molecule has 1 heterocycles. The number of rotatable bonds is 20. The zero-order valence-electron chi connectivity index (χ0n) is 31.0. The minimum atomic E-state index is -1.38. The van der Waals surface area contributed by atoms with Crippen LogP contribution in [-0.2, 0) is 32.0 Å². The summed E-state index contributed by atoms with van der Waals surface area (Å²) in [6.45, 7) is 7.49. The summed E-state index contributed by atoms with van der Waals surface area (Å²) in [4.78, 5) is 50.0. The molecule has 1 atom stereocenters. The van der Waals surface area contributed by atoms with Crippen molar-refractivity contribution in [3.8, 4) is 23.0 Å². The Morgan fingerprint density at radius 1 is 0.840 bits per heavy atom. The van der Waals surface area contributed by atoms with Gasteiger partial charge in [0.15, 0.2) is 23.0 Å². The monoisotopic (exact) mass is 699 g/mol. The fraction of sp³-hybridized carbons (Fsp3) is 0.579. The van der Waals surface area contributed by atoms with E-state index in [0.717, 1.165) is 55.8 Å². The molecule has 1 aliphatic rings. The first kappa shape index (κ1) is 41.8. The molecule has 12 heteroatoms. The Balaban J connectivity index is 0.00000132. The molecule has 1 aliphatic heterocycles. The molecule has 2 N–H and O–H groups in total. The van der Waals surface area contributed by atoms with E-state index in [0.29, 0.717) is 48.9 Å². The standard InChI is InChI=1S/C35H53N3O6.C3H4O3/c1-7-9-10-11-12-13-18-37(34(39)24-36-17-8-2)25-35(40)38-19-16-27-22-32(43-5)33(44-6)23-28(27)29(38)20-26-14-15-30(41-3)31(21-26)42-4;1-2(4)3(5)6/h14-15,21-23,29,36H,7-13,16-20,24-25H2,1-6H3;1H3,(H,5,6). The SMILES string of the molecule is CC(=O)C(=O)O.CCCCCCCCN(CC(=O)N1CCc2cc(OC)c(OC)cc2C1Cc1ccc(OC)c(OC)c1)C(=O)CNCCC. The third-order valence-electron chi connectivity index (χ3n) is 8.66. The molecule has 0 saturated heterocycles. The lowest BCUT2D eigenvalue weighted by Gasteiger charge is -2.39. The topological polar surface area (TPSA) is 144 Å². The first-order chi connectivity index (χ1) is 24.0. The van der Waals surface area contributed by atoms with Gasteiger partial charge < -0.3 is 39.2 Å². The van der Waals surface area contributed by atoms with E-state index >= 15 is 0 Å². The quantitative estimate of drug-likeness (QED) is 0.139. The molecule has 278 valence electrons. The van der Waals surface area contributed by atoms with Crippen LogP contribution >= 0.6 is 0 Å². The number of amides is 2. The molecular weight excluding hydrogens is 642 g/mol. The molecule has 0 fully saturated rings. The van der Waals surface area contributed by atoms with Crippen molar-refractivity contribution >= 4 is 23.6 Å². The fourth-order valence-electron chi connectivity index (χ4n) is 5.89. The van der Waals surface area contributed by atoms with Crippen LogP contribution in [0.5, 0.6) is 23.0 Å². The number of Topliss-reactive ketones (excluding diaryl/α,β-unsaturated/α-hetero) is 1. The van der Waals surface area contributed by atoms with Crippen molar-refractivity contribution in [2.45, 2.75) is 84.6 Å². The summed E-state index contributed by atoms with van der Waals surface area (Å²) in [5, 5.41) is 10.9. The van der Waals surface area contributed by atoms with Gasteiger partial charge in [-0.15, -0.1) is 0 Å². The number of carbonyl (C=O) groups excluding carboxylic acids is 3. The average molecular weight is 700 g/mol. The zero-order valence-corrected chi connectivity index (χ0v) is 31.0. The third kappa shape index (κ3) is 12.9. The molecule has 0 spiro atoms. The smallest absolute Gasteiger partial charge is 0.371 e. The lowest BCUT2D eigenvalue weighted by atomic mass is 9.88. The van der Waals surface area contributed by atoms with Crippen LogP contribution in [0.1, 0.15) is 88.4 Å². The van der Waals surface area contributed by atoms with Gasteiger partial charge in [0.05, 0.1) is 47.6 Å². The van der Waals surface area contributed by atoms with E-state index in [2.05, 4.69) is 19.2 Å². The Bertz CT molecular complexity index is 1390. The first-order valence-electron chi connectivity index (χ1n) is 17.5. The molecule has 1 unspecified atom stereocenters. The van der Waals surface area contributed by atoms with E-state index in [-0.39, 0.29) is 30.9 Å². The zero-order chi connectivity index (χ0) is 37.1. The lowest BCUT2D eigenvalue weighted by Crippen LogP contribution is -2.49. The van der Waals surface area contributed by atoms with E-state index in [1.807, 2.05) is 35.2 Å². The van der Waals surface area contributed by atoms with Crippen molar-refractivity contribution in [3.05, 3.63) is 47.0 Å². The number of carbonyl (C=O) groups is 4. The Morgan fingerprint density at radius 3 is 2.04 bits per heavy atom. The summed E-state index contributed by atoms with van der Waals surface area (Å²) in [7, 11) is 6.49. The number of carboxylic acid groups (broad SMARTS) is 1. The van der Waals surface area contributed by atoms with Crippen molar-refractivity contribution in [2.24, 2.45) is 0 Å². The van der Waals surface area contributed by atoms with Gasteiger partial charge in [-0.25, -0.2) is 4.79 Å². The van der Waals surface area contributed by atoms with Crippen molar-refractivity contribution in [1.29, 1.82) is 0 Å². The minimum absolute atomic E-state index is 0.0272. The highest BCUT2D eigenvalue weighted by molar-refractivity contribution is 6.31. The summed E-state index contributed by atoms with van der Waals surface area (Å²) in [5.41, 5.74) is 3.16. The van der Waals surface area contributed by atoms with Gasteiger partial charge in [0, 0.05) is 20.0 Å². The number of unbranched alkanes of at least 4 members (excludes halogenated alkanes) is 5. The number of benzene rings is 2. The molecular formula is C38H57N3O9. The number of fused-ring (bicyclic) bond motifs is 1. The molecule has 50 heavy (non-hydrogen) atoms. The Labute approximate surface area is 297 Å². The van der Waals surface area contributed by atoms with Crippen molar-refractivity contribution in [1.82, 2.24) is 15.1 Å². The highest BCUT2D eigenvalue weighted by Crippen LogP contribution is 2.40. The van der Waals surface area contributed by atoms with Crippen LogP contribution < -0.4 is 24.3 Å². The molecule has 0 aliphatic carbocycles. The second-order valence-electron chi connectivity index (χ2n) is 12.3. The van der Waals surface area contributed by atoms with E-state index in [9.17, 15) is 19.2 Å². The van der Waals surface area contributed by atoms with Gasteiger partial charge >= 0.3 is 5.97 Å². The van der Waals surface area contributed by atoms with Crippen LogP contribution in [0.2, 0.25) is 0 Å². The Kier molecular flexibility index (Phi) is 18.8. The molecule has 0 aromatic heterocycles. The fourth-order valence-corrected chi connectivity index (χ4v) is 5.89. The minimum Gasteiger partial charge on any atom is -0.493 e. The third-order valence-corrected chi connectivity index (χ3v) is 8.66. The predicted octanol–water partition coefficient (Wildman–Crippen LogP) is 5.24. The molecule has 12 nitrogen and oxygen atoms in total. The number of aliphatic carboxylic acids is 1. The molecule has 2 aromatic rings. The van der Waals surface area contributed by atoms with Gasteiger partial charge in [0.25, 0.3) is 0 Å². The van der Waals surface area contributed by atoms with Crippen LogP contribution in [0, 0.1) is 0 Å². The van der Waals surface area contributed by atoms with Crippen molar-refractivity contribution < 1.29 is 43.2 Å². The number of ketones is 1. The first-order valence-corrected chi connectivity index (χ1v) is 17.5. The van der Waals surface area contributed by atoms with Crippen LogP contribution in [-0.4, -0.2) is 99.6 Å². The van der Waals surface area contributed by atoms with E-state index < -0.39 is 11.8 Å². The number of ether oxygens (including phenoxy) is 4. The normalized spacial score (nSPS) is 13.3. The number of nitrogens with one attached hydrogen (secondary N) is 1. The van der Waals surface area contributed by atoms with E-state index in [1.54, 1.807) is 33.3 Å². The molecule has 3 rings (SSSR count). The maximum atomic E-state index is 14.1. The largest absolute Gasteiger partial charge is 0.493 e. The van der Waals surface area contributed by atoms with Crippen LogP contribution in [0.3, 0.4) is 0 Å². The van der Waals surface area contributed by atoms with Gasteiger partial charge in [-0.05, 0) is 73.2 Å². The van der Waals surface area contributed by atoms with Gasteiger partial charge in [0.2, 0.25) is 17.6 Å². The number of hydrogen-bond acceptors (Lipinski definition) is 9. The van der Waals surface area contributed by atoms with Gasteiger partial charge in [-0.3, -0.25) is 14.4 Å². The molecule has 2 aromatic carbocycles. The maximum Gasteiger partial charge on any atom is 0.371 e. The number of nitrogens with zero attached hydrogens (tertiary/aromatic N) is 2. The average Bonchev–Trinajstić information content (AvgIpc) is 3.12. The molecule has 0 saturated carbocycles. The number of hydrogen-bond donors (Lipinski definition) is 2. The summed E-state index contributed by atoms with van der Waals surface area (Å²) < 4.78 is 22.3. The highest BCUT2D eigenvalue weighted by Gasteiger charge is 2.34. The summed E-state index contributed by atoms with van der Waals surface area (Å²) in [5.74, 6) is 0.309. The summed E-state index contributed by atoms with van der Waals surface area (Å²) in [6.07, 6.45) is 8.95. The summed E-state index contributed by atoms with van der Waals surface area (Å²) >= 11 is 0. The van der Waals surface area contributed by atoms with E-state index in [1.165, 1.54) is 19.3 Å². The highest BCUT2D eigenvalue weighted by atomic mass is 16.5. The predicted molar refractivity (Wildman–Crippen MR) is 192 cm³/mol. The van der Waals surface area contributed by atoms with Crippen LogP contribution in [0.25, 0.3) is 0 Å². The van der Waals surface area contributed by atoms with Crippen molar-refractivity contribution in [2.75, 3.05) is 61.2 Å². The van der Waals surface area contributed by atoms with Gasteiger partial charge in [-0.2, -0.15) is 0 Å². The molecule has 2 amide bonds. The van der Waals surface area contributed by atoms with Crippen LogP contribution in [0.15, 0.2) is 30.3 Å². The second-order valence-corrected chi connectivity index (χ2v) is 12.3. The Hall–Kier alpha value is -4.32.